The number of carbonyl (C=O) groups excluding carboxylic acids is 2. The summed E-state index contributed by atoms with van der Waals surface area (Å²) in [6.07, 6.45) is 1.64. The zero-order valence-corrected chi connectivity index (χ0v) is 14.5. The lowest BCUT2D eigenvalue weighted by Gasteiger charge is -2.23. The first kappa shape index (κ1) is 15.6. The lowest BCUT2D eigenvalue weighted by molar-refractivity contribution is -0.122. The van der Waals surface area contributed by atoms with Crippen molar-refractivity contribution < 1.29 is 14.3 Å². The van der Waals surface area contributed by atoms with Crippen LogP contribution in [0.3, 0.4) is 0 Å². The fourth-order valence-electron chi connectivity index (χ4n) is 2.73. The van der Waals surface area contributed by atoms with Crippen LogP contribution < -0.4 is 15.4 Å². The van der Waals surface area contributed by atoms with Gasteiger partial charge in [-0.05, 0) is 32.0 Å². The second-order valence-corrected chi connectivity index (χ2v) is 6.78. The minimum atomic E-state index is -0.521. The number of aromatic nitrogens is 2. The predicted molar refractivity (Wildman–Crippen MR) is 95.3 cm³/mol. The van der Waals surface area contributed by atoms with E-state index in [1.54, 1.807) is 25.1 Å². The van der Waals surface area contributed by atoms with Crippen molar-refractivity contribution in [2.24, 2.45) is 0 Å². The summed E-state index contributed by atoms with van der Waals surface area (Å²) in [6.45, 7) is 3.61. The van der Waals surface area contributed by atoms with Crippen LogP contribution in [0.5, 0.6) is 5.75 Å². The van der Waals surface area contributed by atoms with Gasteiger partial charge in [-0.2, -0.15) is 0 Å². The lowest BCUT2D eigenvalue weighted by atomic mass is 10.2. The third-order valence-electron chi connectivity index (χ3n) is 3.94. The maximum Gasteiger partial charge on any atom is 0.265 e. The van der Waals surface area contributed by atoms with E-state index in [-0.39, 0.29) is 18.2 Å². The van der Waals surface area contributed by atoms with Gasteiger partial charge >= 0.3 is 0 Å². The van der Waals surface area contributed by atoms with E-state index in [0.29, 0.717) is 17.1 Å². The molecular formula is C17H16N4O3S. The Morgan fingerprint density at radius 2 is 2.32 bits per heavy atom. The van der Waals surface area contributed by atoms with Crippen LogP contribution in [0.25, 0.3) is 4.96 Å². The molecule has 2 N–H and O–H groups in total. The van der Waals surface area contributed by atoms with Gasteiger partial charge in [0, 0.05) is 23.0 Å². The van der Waals surface area contributed by atoms with Gasteiger partial charge in [-0.25, -0.2) is 4.98 Å². The molecule has 4 rings (SSSR count). The number of anilines is 2. The van der Waals surface area contributed by atoms with Crippen LogP contribution in [0.15, 0.2) is 29.8 Å². The molecule has 8 heteroatoms. The number of imidazole rings is 1. The standard InChI is InChI=1S/C17H16N4O3S/c1-9-7-21-12(8-25-17(21)18-9)6-15(22)19-11-3-4-14-13(5-11)20-16(23)10(2)24-14/h3-5,7-8,10H,6H2,1-2H3,(H,19,22)(H,20,23)/t10-/m1/s1. The topological polar surface area (TPSA) is 84.7 Å². The largest absolute Gasteiger partial charge is 0.479 e. The maximum atomic E-state index is 12.4. The number of benzene rings is 1. The molecule has 2 amide bonds. The SMILES string of the molecule is Cc1cn2c(CC(=O)Nc3ccc4c(c3)NC(=O)[C@@H](C)O4)csc2n1. The molecule has 2 aromatic heterocycles. The van der Waals surface area contributed by atoms with Gasteiger partial charge in [-0.3, -0.25) is 14.0 Å². The van der Waals surface area contributed by atoms with Crippen LogP contribution in [0.2, 0.25) is 0 Å². The van der Waals surface area contributed by atoms with Crippen molar-refractivity contribution in [1.82, 2.24) is 9.38 Å². The predicted octanol–water partition coefficient (Wildman–Crippen LogP) is 2.60. The molecule has 0 unspecified atom stereocenters. The molecule has 1 aliphatic rings. The van der Waals surface area contributed by atoms with Crippen LogP contribution in [-0.4, -0.2) is 27.3 Å². The number of thiazole rings is 1. The zero-order valence-electron chi connectivity index (χ0n) is 13.7. The number of aryl methyl sites for hydroxylation is 1. The molecule has 1 aliphatic heterocycles. The monoisotopic (exact) mass is 356 g/mol. The molecule has 7 nitrogen and oxygen atoms in total. The first-order valence-electron chi connectivity index (χ1n) is 7.83. The number of carbonyl (C=O) groups is 2. The number of ether oxygens (including phenoxy) is 1. The Bertz CT molecular complexity index is 991. The first-order chi connectivity index (χ1) is 12.0. The highest BCUT2D eigenvalue weighted by molar-refractivity contribution is 7.15. The molecule has 0 saturated heterocycles. The van der Waals surface area contributed by atoms with Crippen molar-refractivity contribution in [3.05, 3.63) is 41.2 Å². The van der Waals surface area contributed by atoms with E-state index in [1.165, 1.54) is 11.3 Å². The Morgan fingerprint density at radius 3 is 3.16 bits per heavy atom. The highest BCUT2D eigenvalue weighted by Crippen LogP contribution is 2.32. The number of fused-ring (bicyclic) bond motifs is 2. The van der Waals surface area contributed by atoms with Gasteiger partial charge < -0.3 is 15.4 Å². The molecule has 0 radical (unpaired) electrons. The molecule has 128 valence electrons. The van der Waals surface area contributed by atoms with E-state index in [4.69, 9.17) is 4.74 Å². The van der Waals surface area contributed by atoms with Gasteiger partial charge in [0.25, 0.3) is 5.91 Å². The van der Waals surface area contributed by atoms with Gasteiger partial charge in [0.15, 0.2) is 11.1 Å². The molecule has 25 heavy (non-hydrogen) atoms. The lowest BCUT2D eigenvalue weighted by Crippen LogP contribution is -2.34. The molecule has 0 aliphatic carbocycles. The van der Waals surface area contributed by atoms with Crippen LogP contribution in [0.4, 0.5) is 11.4 Å². The van der Waals surface area contributed by atoms with E-state index in [9.17, 15) is 9.59 Å². The number of hydrogen-bond acceptors (Lipinski definition) is 5. The molecule has 0 saturated carbocycles. The van der Waals surface area contributed by atoms with Crippen molar-refractivity contribution in [1.29, 1.82) is 0 Å². The normalized spacial score (nSPS) is 16.2. The van der Waals surface area contributed by atoms with Gasteiger partial charge in [0.05, 0.1) is 17.8 Å². The summed E-state index contributed by atoms with van der Waals surface area (Å²) >= 11 is 1.51. The summed E-state index contributed by atoms with van der Waals surface area (Å²) in [7, 11) is 0. The Kier molecular flexibility index (Phi) is 3.69. The molecule has 0 fully saturated rings. The van der Waals surface area contributed by atoms with Crippen molar-refractivity contribution in [2.45, 2.75) is 26.4 Å². The molecule has 3 aromatic rings. The summed E-state index contributed by atoms with van der Waals surface area (Å²) in [6, 6.07) is 5.19. The minimum Gasteiger partial charge on any atom is -0.479 e. The van der Waals surface area contributed by atoms with Crippen LogP contribution in [0.1, 0.15) is 18.3 Å². The fraction of sp³-hybridized carbons (Fsp3) is 0.235. The quantitative estimate of drug-likeness (QED) is 0.755. The molecule has 3 heterocycles. The van der Waals surface area contributed by atoms with E-state index in [2.05, 4.69) is 15.6 Å². The Morgan fingerprint density at radius 1 is 1.48 bits per heavy atom. The first-order valence-corrected chi connectivity index (χ1v) is 8.71. The number of rotatable bonds is 3. The van der Waals surface area contributed by atoms with Crippen molar-refractivity contribution in [2.75, 3.05) is 10.6 Å². The maximum absolute atomic E-state index is 12.4. The summed E-state index contributed by atoms with van der Waals surface area (Å²) in [5, 5.41) is 7.56. The second-order valence-electron chi connectivity index (χ2n) is 5.95. The summed E-state index contributed by atoms with van der Waals surface area (Å²) in [5.74, 6) is 0.257. The summed E-state index contributed by atoms with van der Waals surface area (Å²) in [4.78, 5) is 29.3. The highest BCUT2D eigenvalue weighted by atomic mass is 32.1. The fourth-order valence-corrected chi connectivity index (χ4v) is 3.64. The Balaban J connectivity index is 1.49. The van der Waals surface area contributed by atoms with E-state index in [1.807, 2.05) is 22.9 Å². The molecular weight excluding hydrogens is 340 g/mol. The van der Waals surface area contributed by atoms with Gasteiger partial charge in [-0.1, -0.05) is 0 Å². The van der Waals surface area contributed by atoms with Crippen molar-refractivity contribution >= 4 is 39.5 Å². The number of amides is 2. The van der Waals surface area contributed by atoms with E-state index >= 15 is 0 Å². The second kappa shape index (κ2) is 5.89. The zero-order chi connectivity index (χ0) is 17.6. The summed E-state index contributed by atoms with van der Waals surface area (Å²) in [5.41, 5.74) is 2.98. The Labute approximate surface area is 147 Å². The Hall–Kier alpha value is -2.87. The highest BCUT2D eigenvalue weighted by Gasteiger charge is 2.23. The molecule has 0 spiro atoms. The molecule has 1 atom stereocenters. The smallest absolute Gasteiger partial charge is 0.265 e. The van der Waals surface area contributed by atoms with Gasteiger partial charge in [0.2, 0.25) is 5.91 Å². The van der Waals surface area contributed by atoms with Crippen LogP contribution in [-0.2, 0) is 16.0 Å². The molecule has 1 aromatic carbocycles. The van der Waals surface area contributed by atoms with Gasteiger partial charge in [0.1, 0.15) is 5.75 Å². The van der Waals surface area contributed by atoms with Crippen molar-refractivity contribution in [3.8, 4) is 5.75 Å². The van der Waals surface area contributed by atoms with Crippen LogP contribution in [0, 0.1) is 6.92 Å². The molecule has 0 bridgehead atoms. The third-order valence-corrected chi connectivity index (χ3v) is 4.83. The third kappa shape index (κ3) is 2.96. The average molecular weight is 356 g/mol. The average Bonchev–Trinajstić information content (AvgIpc) is 3.09. The van der Waals surface area contributed by atoms with Crippen LogP contribution >= 0.6 is 11.3 Å². The van der Waals surface area contributed by atoms with Gasteiger partial charge in [-0.15, -0.1) is 11.3 Å². The number of nitrogens with one attached hydrogen (secondary N) is 2. The van der Waals surface area contributed by atoms with E-state index in [0.717, 1.165) is 16.3 Å². The van der Waals surface area contributed by atoms with Crippen molar-refractivity contribution in [3.63, 3.8) is 0 Å². The number of nitrogens with zero attached hydrogens (tertiary/aromatic N) is 2. The minimum absolute atomic E-state index is 0.137. The number of hydrogen-bond donors (Lipinski definition) is 2. The summed E-state index contributed by atoms with van der Waals surface area (Å²) < 4.78 is 7.44. The van der Waals surface area contributed by atoms with E-state index < -0.39 is 6.10 Å².